The maximum atomic E-state index is 12.5. The van der Waals surface area contributed by atoms with Gasteiger partial charge < -0.3 is 20.3 Å². The summed E-state index contributed by atoms with van der Waals surface area (Å²) in [6.07, 6.45) is 70.9. The minimum atomic E-state index is -0.664. The molecule has 0 aliphatic carbocycles. The minimum Gasteiger partial charge on any atom is -0.466 e. The van der Waals surface area contributed by atoms with Crippen molar-refractivity contribution in [3.63, 3.8) is 0 Å². The van der Waals surface area contributed by atoms with Gasteiger partial charge in [0.2, 0.25) is 5.91 Å². The summed E-state index contributed by atoms with van der Waals surface area (Å²) in [4.78, 5) is 24.5. The molecule has 6 nitrogen and oxygen atoms in total. The summed E-state index contributed by atoms with van der Waals surface area (Å²) in [5.41, 5.74) is 0. The smallest absolute Gasteiger partial charge is 0.305 e. The van der Waals surface area contributed by atoms with E-state index in [0.717, 1.165) is 38.5 Å². The first-order chi connectivity index (χ1) is 34.0. The summed E-state index contributed by atoms with van der Waals surface area (Å²) in [6, 6.07) is -0.542. The highest BCUT2D eigenvalue weighted by molar-refractivity contribution is 5.76. The van der Waals surface area contributed by atoms with Crippen molar-refractivity contribution in [2.45, 2.75) is 366 Å². The number of ether oxygens (including phenoxy) is 1. The van der Waals surface area contributed by atoms with Gasteiger partial charge in [0.05, 0.1) is 25.4 Å². The number of hydrogen-bond donors (Lipinski definition) is 3. The molecule has 0 spiro atoms. The fraction of sp³-hybridized carbons (Fsp3) is 0.937. The largest absolute Gasteiger partial charge is 0.466 e. The van der Waals surface area contributed by atoms with Crippen LogP contribution in [0.15, 0.2) is 12.2 Å². The molecule has 0 aromatic rings. The number of esters is 1. The highest BCUT2D eigenvalue weighted by Gasteiger charge is 2.20. The standard InChI is InChI=1S/C63H123NO5/c1-3-5-7-9-11-13-15-17-29-33-37-41-45-49-53-57-63(68)69-58-54-50-46-42-38-34-31-28-26-24-22-20-18-19-21-23-25-27-30-32-36-40-44-48-52-56-62(67)64-60(59-65)61(66)55-51-47-43-39-35-16-14-12-10-8-6-4-2/h19,21,60-61,65-66H,3-18,20,22-59H2,1-2H3,(H,64,67)/b21-19-. The second-order valence-electron chi connectivity index (χ2n) is 21.7. The first kappa shape index (κ1) is 67.6. The molecule has 0 aromatic carbocycles. The van der Waals surface area contributed by atoms with Gasteiger partial charge in [0.15, 0.2) is 0 Å². The second kappa shape index (κ2) is 59.2. The molecule has 0 heterocycles. The molecule has 0 bridgehead atoms. The van der Waals surface area contributed by atoms with Crippen molar-refractivity contribution in [3.8, 4) is 0 Å². The molecular weight excluding hydrogens is 851 g/mol. The van der Waals surface area contributed by atoms with Crippen LogP contribution in [-0.2, 0) is 14.3 Å². The Kier molecular flexibility index (Phi) is 58.0. The quantitative estimate of drug-likeness (QED) is 0.0321. The van der Waals surface area contributed by atoms with Crippen molar-refractivity contribution in [2.24, 2.45) is 0 Å². The third kappa shape index (κ3) is 55.8. The average molecular weight is 975 g/mol. The average Bonchev–Trinajstić information content (AvgIpc) is 3.35. The predicted molar refractivity (Wildman–Crippen MR) is 301 cm³/mol. The number of aliphatic hydroxyl groups is 2. The normalized spacial score (nSPS) is 12.6. The number of allylic oxidation sites excluding steroid dienone is 2. The van der Waals surface area contributed by atoms with Gasteiger partial charge in [0.1, 0.15) is 0 Å². The summed E-state index contributed by atoms with van der Waals surface area (Å²) >= 11 is 0. The van der Waals surface area contributed by atoms with Crippen LogP contribution in [0.5, 0.6) is 0 Å². The Labute approximate surface area is 431 Å². The van der Waals surface area contributed by atoms with E-state index in [-0.39, 0.29) is 18.5 Å². The van der Waals surface area contributed by atoms with E-state index < -0.39 is 12.1 Å². The second-order valence-corrected chi connectivity index (χ2v) is 21.7. The molecule has 69 heavy (non-hydrogen) atoms. The predicted octanol–water partition coefficient (Wildman–Crippen LogP) is 19.6. The lowest BCUT2D eigenvalue weighted by atomic mass is 10.0. The van der Waals surface area contributed by atoms with Gasteiger partial charge in [-0.15, -0.1) is 0 Å². The molecule has 3 N–H and O–H groups in total. The van der Waals surface area contributed by atoms with Crippen LogP contribution in [0.4, 0.5) is 0 Å². The Morgan fingerprint density at radius 2 is 0.681 bits per heavy atom. The van der Waals surface area contributed by atoms with Gasteiger partial charge in [0.25, 0.3) is 0 Å². The molecule has 0 aliphatic heterocycles. The lowest BCUT2D eigenvalue weighted by molar-refractivity contribution is -0.143. The van der Waals surface area contributed by atoms with Gasteiger partial charge >= 0.3 is 5.97 Å². The van der Waals surface area contributed by atoms with Crippen molar-refractivity contribution in [3.05, 3.63) is 12.2 Å². The molecule has 0 aromatic heterocycles. The van der Waals surface area contributed by atoms with Crippen molar-refractivity contribution in [2.75, 3.05) is 13.2 Å². The molecule has 0 radical (unpaired) electrons. The van der Waals surface area contributed by atoms with E-state index in [1.54, 1.807) is 0 Å². The number of carbonyl (C=O) groups is 2. The Balaban J connectivity index is 3.36. The maximum absolute atomic E-state index is 12.5. The third-order valence-electron chi connectivity index (χ3n) is 14.8. The molecule has 0 aliphatic rings. The van der Waals surface area contributed by atoms with Crippen LogP contribution in [0.2, 0.25) is 0 Å². The Morgan fingerprint density at radius 1 is 0.391 bits per heavy atom. The van der Waals surface area contributed by atoms with E-state index in [9.17, 15) is 19.8 Å². The van der Waals surface area contributed by atoms with Crippen LogP contribution in [0.3, 0.4) is 0 Å². The molecule has 0 saturated heterocycles. The van der Waals surface area contributed by atoms with E-state index >= 15 is 0 Å². The first-order valence-electron chi connectivity index (χ1n) is 31.4. The van der Waals surface area contributed by atoms with E-state index in [1.165, 1.54) is 283 Å². The number of rotatable bonds is 59. The number of amides is 1. The van der Waals surface area contributed by atoms with Gasteiger partial charge in [-0.25, -0.2) is 0 Å². The van der Waals surface area contributed by atoms with Crippen molar-refractivity contribution in [1.29, 1.82) is 0 Å². The number of carbonyl (C=O) groups excluding carboxylic acids is 2. The lowest BCUT2D eigenvalue weighted by Crippen LogP contribution is -2.45. The minimum absolute atomic E-state index is 0.0169. The van der Waals surface area contributed by atoms with Gasteiger partial charge in [-0.1, -0.05) is 302 Å². The Morgan fingerprint density at radius 3 is 1.03 bits per heavy atom. The molecular formula is C63H123NO5. The molecule has 410 valence electrons. The zero-order valence-electron chi connectivity index (χ0n) is 46.8. The lowest BCUT2D eigenvalue weighted by Gasteiger charge is -2.22. The highest BCUT2D eigenvalue weighted by Crippen LogP contribution is 2.18. The zero-order valence-corrected chi connectivity index (χ0v) is 46.8. The number of aliphatic hydroxyl groups excluding tert-OH is 2. The molecule has 6 heteroatoms. The summed E-state index contributed by atoms with van der Waals surface area (Å²) in [5.74, 6) is -0.0200. The monoisotopic (exact) mass is 974 g/mol. The molecule has 0 fully saturated rings. The molecule has 1 amide bonds. The zero-order chi connectivity index (χ0) is 50.0. The highest BCUT2D eigenvalue weighted by atomic mass is 16.5. The molecule has 2 atom stereocenters. The van der Waals surface area contributed by atoms with E-state index in [2.05, 4.69) is 31.3 Å². The Hall–Kier alpha value is -1.40. The Bertz CT molecular complexity index is 1030. The van der Waals surface area contributed by atoms with Crippen LogP contribution in [0.25, 0.3) is 0 Å². The van der Waals surface area contributed by atoms with Gasteiger partial charge in [0, 0.05) is 12.8 Å². The van der Waals surface area contributed by atoms with Crippen LogP contribution in [0.1, 0.15) is 354 Å². The van der Waals surface area contributed by atoms with E-state index in [0.29, 0.717) is 25.9 Å². The summed E-state index contributed by atoms with van der Waals surface area (Å²) < 4.78 is 5.49. The SMILES string of the molecule is CCCCCCCCCCCCCCCCCC(=O)OCCCCCCCCCCCCCC/C=C\CCCCCCCCCCCC(=O)NC(CO)C(O)CCCCCCCCCCCCCC. The third-order valence-corrected chi connectivity index (χ3v) is 14.8. The summed E-state index contributed by atoms with van der Waals surface area (Å²) in [7, 11) is 0. The van der Waals surface area contributed by atoms with Crippen molar-refractivity contribution >= 4 is 11.9 Å². The maximum Gasteiger partial charge on any atom is 0.305 e. The van der Waals surface area contributed by atoms with Crippen molar-refractivity contribution in [1.82, 2.24) is 5.32 Å². The molecule has 0 rings (SSSR count). The van der Waals surface area contributed by atoms with Crippen LogP contribution in [0, 0.1) is 0 Å². The van der Waals surface area contributed by atoms with Crippen molar-refractivity contribution < 1.29 is 24.5 Å². The van der Waals surface area contributed by atoms with Crippen LogP contribution < -0.4 is 5.32 Å². The summed E-state index contributed by atoms with van der Waals surface area (Å²) in [5, 5.41) is 23.2. The fourth-order valence-corrected chi connectivity index (χ4v) is 9.99. The number of unbranched alkanes of at least 4 members (excludes halogenated alkanes) is 46. The van der Waals surface area contributed by atoms with Gasteiger partial charge in [-0.2, -0.15) is 0 Å². The van der Waals surface area contributed by atoms with Gasteiger partial charge in [-0.3, -0.25) is 9.59 Å². The van der Waals surface area contributed by atoms with Crippen LogP contribution >= 0.6 is 0 Å². The number of nitrogens with one attached hydrogen (secondary N) is 1. The first-order valence-corrected chi connectivity index (χ1v) is 31.4. The van der Waals surface area contributed by atoms with E-state index in [4.69, 9.17) is 4.74 Å². The van der Waals surface area contributed by atoms with Gasteiger partial charge in [-0.05, 0) is 51.4 Å². The molecule has 2 unspecified atom stereocenters. The topological polar surface area (TPSA) is 95.9 Å². The summed E-state index contributed by atoms with van der Waals surface area (Å²) in [6.45, 7) is 4.97. The van der Waals surface area contributed by atoms with E-state index in [1.807, 2.05) is 0 Å². The fourth-order valence-electron chi connectivity index (χ4n) is 9.99. The molecule has 0 saturated carbocycles. The van der Waals surface area contributed by atoms with Crippen LogP contribution in [-0.4, -0.2) is 47.4 Å². The number of hydrogen-bond acceptors (Lipinski definition) is 5.